The van der Waals surface area contributed by atoms with Gasteiger partial charge in [0.2, 0.25) is 0 Å². The van der Waals surface area contributed by atoms with E-state index in [1.165, 1.54) is 0 Å². The van der Waals surface area contributed by atoms with Crippen molar-refractivity contribution in [1.82, 2.24) is 9.55 Å². The number of imidazole rings is 1. The molecule has 0 aliphatic carbocycles. The summed E-state index contributed by atoms with van der Waals surface area (Å²) in [7, 11) is 1.65. The molecule has 0 saturated carbocycles. The van der Waals surface area contributed by atoms with Gasteiger partial charge in [-0.3, -0.25) is 0 Å². The summed E-state index contributed by atoms with van der Waals surface area (Å²) in [6, 6.07) is 21.9. The zero-order valence-electron chi connectivity index (χ0n) is 17.0. The summed E-state index contributed by atoms with van der Waals surface area (Å²) in [6.45, 7) is 2.98. The van der Waals surface area contributed by atoms with Gasteiger partial charge in [-0.25, -0.2) is 4.98 Å². The van der Waals surface area contributed by atoms with Crippen molar-refractivity contribution in [3.05, 3.63) is 94.8 Å². The predicted octanol–water partition coefficient (Wildman–Crippen LogP) is 6.36. The molecule has 4 rings (SSSR count). The molecule has 0 atom stereocenters. The van der Waals surface area contributed by atoms with Crippen LogP contribution in [0.5, 0.6) is 11.5 Å². The number of benzene rings is 3. The Morgan fingerprint density at radius 3 is 2.67 bits per heavy atom. The molecule has 0 spiro atoms. The largest absolute Gasteiger partial charge is 0.493 e. The summed E-state index contributed by atoms with van der Waals surface area (Å²) in [5.41, 5.74) is 4.18. The Hall–Kier alpha value is -3.24. The SMILES string of the molecule is C/C=C\c1ccc(OCc2nc3ccccc3n2Cc2cccc(Cl)c2)c(OC)c1. The number of ether oxygens (including phenoxy) is 2. The molecule has 0 saturated heterocycles. The number of hydrogen-bond donors (Lipinski definition) is 0. The quantitative estimate of drug-likeness (QED) is 0.350. The number of hydrogen-bond acceptors (Lipinski definition) is 3. The van der Waals surface area contributed by atoms with Crippen LogP contribution in [0.1, 0.15) is 23.9 Å². The number of aromatic nitrogens is 2. The van der Waals surface area contributed by atoms with Crippen LogP contribution in [0, 0.1) is 0 Å². The van der Waals surface area contributed by atoms with Crippen molar-refractivity contribution in [2.75, 3.05) is 7.11 Å². The first-order chi connectivity index (χ1) is 14.7. The average molecular weight is 419 g/mol. The van der Waals surface area contributed by atoms with Gasteiger partial charge in [-0.1, -0.05) is 54.1 Å². The number of nitrogens with zero attached hydrogens (tertiary/aromatic N) is 2. The molecule has 0 unspecified atom stereocenters. The molecule has 1 heterocycles. The second-order valence-electron chi connectivity index (χ2n) is 6.93. The highest BCUT2D eigenvalue weighted by Gasteiger charge is 2.13. The van der Waals surface area contributed by atoms with E-state index in [0.29, 0.717) is 24.7 Å². The fraction of sp³-hybridized carbons (Fsp3) is 0.160. The van der Waals surface area contributed by atoms with Crippen LogP contribution in [-0.4, -0.2) is 16.7 Å². The number of halogens is 1. The van der Waals surface area contributed by atoms with E-state index in [9.17, 15) is 0 Å². The lowest BCUT2D eigenvalue weighted by Gasteiger charge is -2.13. The van der Waals surface area contributed by atoms with Gasteiger partial charge < -0.3 is 14.0 Å². The van der Waals surface area contributed by atoms with Crippen LogP contribution >= 0.6 is 11.6 Å². The smallest absolute Gasteiger partial charge is 0.161 e. The van der Waals surface area contributed by atoms with Crippen molar-refractivity contribution in [3.63, 3.8) is 0 Å². The normalized spacial score (nSPS) is 11.3. The van der Waals surface area contributed by atoms with Crippen molar-refractivity contribution in [2.45, 2.75) is 20.1 Å². The topological polar surface area (TPSA) is 36.3 Å². The van der Waals surface area contributed by atoms with Crippen LogP contribution in [0.2, 0.25) is 5.02 Å². The van der Waals surface area contributed by atoms with Gasteiger partial charge in [-0.2, -0.15) is 0 Å². The Morgan fingerprint density at radius 1 is 1.00 bits per heavy atom. The van der Waals surface area contributed by atoms with Crippen molar-refractivity contribution in [1.29, 1.82) is 0 Å². The fourth-order valence-corrected chi connectivity index (χ4v) is 3.68. The summed E-state index contributed by atoms with van der Waals surface area (Å²) in [4.78, 5) is 4.80. The van der Waals surface area contributed by atoms with Crippen LogP contribution < -0.4 is 9.47 Å². The van der Waals surface area contributed by atoms with Gasteiger partial charge in [0.05, 0.1) is 18.1 Å². The maximum Gasteiger partial charge on any atom is 0.161 e. The minimum atomic E-state index is 0.328. The van der Waals surface area contributed by atoms with Crippen LogP contribution in [0.15, 0.2) is 72.8 Å². The molecule has 0 N–H and O–H groups in total. The minimum absolute atomic E-state index is 0.328. The third-order valence-corrected chi connectivity index (χ3v) is 5.10. The van der Waals surface area contributed by atoms with E-state index in [0.717, 1.165) is 33.0 Å². The Bertz CT molecular complexity index is 1200. The molecular weight excluding hydrogens is 396 g/mol. The molecule has 5 heteroatoms. The van der Waals surface area contributed by atoms with E-state index < -0.39 is 0 Å². The molecule has 4 nitrogen and oxygen atoms in total. The van der Waals surface area contributed by atoms with Gasteiger partial charge >= 0.3 is 0 Å². The lowest BCUT2D eigenvalue weighted by Crippen LogP contribution is -2.09. The zero-order valence-corrected chi connectivity index (χ0v) is 17.8. The van der Waals surface area contributed by atoms with Crippen molar-refractivity contribution >= 4 is 28.7 Å². The van der Waals surface area contributed by atoms with Gasteiger partial charge in [0.1, 0.15) is 12.4 Å². The summed E-state index contributed by atoms with van der Waals surface area (Å²) < 4.78 is 13.8. The second kappa shape index (κ2) is 9.06. The maximum absolute atomic E-state index is 6.18. The van der Waals surface area contributed by atoms with E-state index in [1.54, 1.807) is 7.11 Å². The van der Waals surface area contributed by atoms with Gasteiger partial charge in [0, 0.05) is 11.6 Å². The average Bonchev–Trinajstić information content (AvgIpc) is 3.10. The summed E-state index contributed by atoms with van der Waals surface area (Å²) in [5, 5.41) is 0.723. The zero-order chi connectivity index (χ0) is 20.9. The first-order valence-electron chi connectivity index (χ1n) is 9.80. The molecule has 0 bridgehead atoms. The molecule has 0 radical (unpaired) electrons. The van der Waals surface area contributed by atoms with Crippen molar-refractivity contribution in [2.24, 2.45) is 0 Å². The summed E-state index contributed by atoms with van der Waals surface area (Å²) >= 11 is 6.18. The van der Waals surface area contributed by atoms with Crippen LogP contribution in [-0.2, 0) is 13.2 Å². The highest BCUT2D eigenvalue weighted by atomic mass is 35.5. The van der Waals surface area contributed by atoms with Gasteiger partial charge in [0.15, 0.2) is 11.5 Å². The Balaban J connectivity index is 1.64. The predicted molar refractivity (Wildman–Crippen MR) is 122 cm³/mol. The molecule has 152 valence electrons. The third-order valence-electron chi connectivity index (χ3n) is 4.87. The molecule has 4 aromatic rings. The minimum Gasteiger partial charge on any atom is -0.493 e. The van der Waals surface area contributed by atoms with Crippen molar-refractivity contribution < 1.29 is 9.47 Å². The summed E-state index contributed by atoms with van der Waals surface area (Å²) in [6.07, 6.45) is 4.02. The Morgan fingerprint density at radius 2 is 1.87 bits per heavy atom. The highest BCUT2D eigenvalue weighted by molar-refractivity contribution is 6.30. The Kier molecular flexibility index (Phi) is 6.05. The standard InChI is InChI=1S/C25H23ClN2O2/c1-3-7-18-12-13-23(24(15-18)29-2)30-17-25-27-21-10-4-5-11-22(21)28(25)16-19-8-6-9-20(26)14-19/h3-15H,16-17H2,1-2H3/b7-3-. The second-order valence-corrected chi connectivity index (χ2v) is 7.37. The number of fused-ring (bicyclic) bond motifs is 1. The Labute approximate surface area is 181 Å². The molecule has 0 aliphatic heterocycles. The molecule has 3 aromatic carbocycles. The maximum atomic E-state index is 6.18. The molecule has 30 heavy (non-hydrogen) atoms. The van der Waals surface area contributed by atoms with E-state index in [-0.39, 0.29) is 0 Å². The lowest BCUT2D eigenvalue weighted by molar-refractivity contribution is 0.273. The fourth-order valence-electron chi connectivity index (χ4n) is 3.47. The third kappa shape index (κ3) is 4.34. The number of methoxy groups -OCH3 is 1. The van der Waals surface area contributed by atoms with E-state index in [4.69, 9.17) is 26.1 Å². The lowest BCUT2D eigenvalue weighted by atomic mass is 10.2. The number of allylic oxidation sites excluding steroid dienone is 1. The van der Waals surface area contributed by atoms with Crippen LogP contribution in [0.3, 0.4) is 0 Å². The first kappa shape index (κ1) is 20.0. The van der Waals surface area contributed by atoms with Crippen LogP contribution in [0.4, 0.5) is 0 Å². The van der Waals surface area contributed by atoms with Gasteiger partial charge in [-0.05, 0) is 54.4 Å². The number of rotatable bonds is 7. The first-order valence-corrected chi connectivity index (χ1v) is 10.2. The molecule has 0 aliphatic rings. The summed E-state index contributed by atoms with van der Waals surface area (Å²) in [5.74, 6) is 2.23. The molecule has 0 fully saturated rings. The number of para-hydroxylation sites is 2. The molecule has 1 aromatic heterocycles. The van der Waals surface area contributed by atoms with E-state index >= 15 is 0 Å². The van der Waals surface area contributed by atoms with E-state index in [1.807, 2.05) is 73.7 Å². The molecular formula is C25H23ClN2O2. The van der Waals surface area contributed by atoms with Gasteiger partial charge in [-0.15, -0.1) is 0 Å². The highest BCUT2D eigenvalue weighted by Crippen LogP contribution is 2.30. The van der Waals surface area contributed by atoms with Crippen molar-refractivity contribution in [3.8, 4) is 11.5 Å². The monoisotopic (exact) mass is 418 g/mol. The molecule has 0 amide bonds. The van der Waals surface area contributed by atoms with Gasteiger partial charge in [0.25, 0.3) is 0 Å². The van der Waals surface area contributed by atoms with Crippen LogP contribution in [0.25, 0.3) is 17.1 Å². The van der Waals surface area contributed by atoms with E-state index in [2.05, 4.69) is 16.7 Å².